The monoisotopic (exact) mass is 276 g/mol. The molecule has 1 rings (SSSR count). The minimum absolute atomic E-state index is 0.0310. The van der Waals surface area contributed by atoms with Crippen molar-refractivity contribution < 1.29 is 8.42 Å². The molecule has 0 aliphatic heterocycles. The van der Waals surface area contributed by atoms with E-state index in [1.807, 2.05) is 13.2 Å². The highest BCUT2D eigenvalue weighted by molar-refractivity contribution is 7.99. The Labute approximate surface area is 105 Å². The van der Waals surface area contributed by atoms with Gasteiger partial charge in [-0.15, -0.1) is 0 Å². The summed E-state index contributed by atoms with van der Waals surface area (Å²) >= 11 is 1.70. The summed E-state index contributed by atoms with van der Waals surface area (Å²) in [5.41, 5.74) is 5.29. The molecule has 0 aromatic carbocycles. The van der Waals surface area contributed by atoms with Crippen LogP contribution in [0.25, 0.3) is 0 Å². The summed E-state index contributed by atoms with van der Waals surface area (Å²) in [6.07, 6.45) is 5.16. The maximum absolute atomic E-state index is 11.8. The van der Waals surface area contributed by atoms with Gasteiger partial charge in [-0.1, -0.05) is 6.92 Å². The van der Waals surface area contributed by atoms with E-state index in [0.29, 0.717) is 11.8 Å². The van der Waals surface area contributed by atoms with Crippen LogP contribution in [0.4, 0.5) is 5.95 Å². The van der Waals surface area contributed by atoms with Crippen molar-refractivity contribution in [3.8, 4) is 0 Å². The molecule has 0 radical (unpaired) electrons. The van der Waals surface area contributed by atoms with Crippen LogP contribution in [0.15, 0.2) is 17.3 Å². The average Bonchev–Trinajstić information content (AvgIpc) is 2.29. The predicted octanol–water partition coefficient (Wildman–Crippen LogP) is 0.479. The van der Waals surface area contributed by atoms with E-state index in [2.05, 4.69) is 14.7 Å². The van der Waals surface area contributed by atoms with Crippen molar-refractivity contribution in [1.29, 1.82) is 0 Å². The largest absolute Gasteiger partial charge is 0.368 e. The second kappa shape index (κ2) is 6.18. The van der Waals surface area contributed by atoms with Crippen molar-refractivity contribution in [3.63, 3.8) is 0 Å². The van der Waals surface area contributed by atoms with Crippen molar-refractivity contribution in [2.75, 3.05) is 18.5 Å². The Bertz CT molecular complexity index is 447. The summed E-state index contributed by atoms with van der Waals surface area (Å²) in [7, 11) is -3.52. The van der Waals surface area contributed by atoms with E-state index in [1.54, 1.807) is 11.8 Å². The van der Waals surface area contributed by atoms with Crippen LogP contribution in [0.5, 0.6) is 0 Å². The minimum atomic E-state index is -3.52. The van der Waals surface area contributed by atoms with Gasteiger partial charge in [-0.2, -0.15) is 11.8 Å². The zero-order valence-corrected chi connectivity index (χ0v) is 11.4. The lowest BCUT2D eigenvalue weighted by atomic mass is 10.3. The molecule has 96 valence electrons. The van der Waals surface area contributed by atoms with Gasteiger partial charge < -0.3 is 5.73 Å². The van der Waals surface area contributed by atoms with Crippen molar-refractivity contribution in [2.24, 2.45) is 0 Å². The Kier molecular flexibility index (Phi) is 5.16. The summed E-state index contributed by atoms with van der Waals surface area (Å²) in [4.78, 5) is 7.33. The highest BCUT2D eigenvalue weighted by Crippen LogP contribution is 2.10. The normalized spacial score (nSPS) is 13.5. The number of nitrogen functional groups attached to an aromatic ring is 1. The number of anilines is 1. The fourth-order valence-corrected chi connectivity index (χ4v) is 2.35. The molecule has 0 aliphatic rings. The van der Waals surface area contributed by atoms with Crippen molar-refractivity contribution in [3.05, 3.63) is 12.4 Å². The van der Waals surface area contributed by atoms with E-state index < -0.39 is 10.0 Å². The van der Waals surface area contributed by atoms with Gasteiger partial charge in [0.2, 0.25) is 16.0 Å². The number of sulfonamides is 1. The minimum Gasteiger partial charge on any atom is -0.368 e. The first kappa shape index (κ1) is 14.2. The first-order valence-electron chi connectivity index (χ1n) is 5.05. The second-order valence-electron chi connectivity index (χ2n) is 3.51. The molecule has 6 nitrogen and oxygen atoms in total. The third-order valence-corrected chi connectivity index (χ3v) is 4.66. The topological polar surface area (TPSA) is 98.0 Å². The lowest BCUT2D eigenvalue weighted by Gasteiger charge is -2.09. The van der Waals surface area contributed by atoms with Crippen molar-refractivity contribution in [2.45, 2.75) is 23.5 Å². The van der Waals surface area contributed by atoms with Crippen LogP contribution in [-0.4, -0.2) is 36.4 Å². The van der Waals surface area contributed by atoms with Gasteiger partial charge in [0.25, 0.3) is 0 Å². The molecule has 0 aliphatic carbocycles. The molecule has 1 atom stereocenters. The Morgan fingerprint density at radius 2 is 2.06 bits per heavy atom. The standard InChI is InChI=1S/C9H16N4O2S2/c1-7(16-2)3-4-13-17(14,15)8-5-11-9(10)12-6-8/h5-7,13H,3-4H2,1-2H3,(H2,10,11,12). The third kappa shape index (κ3) is 4.49. The third-order valence-electron chi connectivity index (χ3n) is 2.20. The lowest BCUT2D eigenvalue weighted by Crippen LogP contribution is -2.26. The highest BCUT2D eigenvalue weighted by atomic mass is 32.2. The molecule has 1 unspecified atom stereocenters. The van der Waals surface area contributed by atoms with Crippen molar-refractivity contribution >= 4 is 27.7 Å². The first-order valence-corrected chi connectivity index (χ1v) is 7.83. The van der Waals surface area contributed by atoms with E-state index in [1.165, 1.54) is 12.4 Å². The number of hydrogen-bond acceptors (Lipinski definition) is 6. The lowest BCUT2D eigenvalue weighted by molar-refractivity contribution is 0.578. The summed E-state index contributed by atoms with van der Waals surface area (Å²) in [5.74, 6) is 0.0555. The molecular weight excluding hydrogens is 260 g/mol. The molecule has 17 heavy (non-hydrogen) atoms. The van der Waals surface area contributed by atoms with Crippen LogP contribution < -0.4 is 10.5 Å². The Balaban J connectivity index is 2.60. The predicted molar refractivity (Wildman–Crippen MR) is 69.2 cm³/mol. The van der Waals surface area contributed by atoms with Crippen LogP contribution in [0.1, 0.15) is 13.3 Å². The maximum Gasteiger partial charge on any atom is 0.243 e. The highest BCUT2D eigenvalue weighted by Gasteiger charge is 2.14. The maximum atomic E-state index is 11.8. The summed E-state index contributed by atoms with van der Waals surface area (Å²) in [6, 6.07) is 0. The van der Waals surface area contributed by atoms with E-state index >= 15 is 0 Å². The van der Waals surface area contributed by atoms with Gasteiger partial charge in [-0.3, -0.25) is 0 Å². The van der Waals surface area contributed by atoms with E-state index in [4.69, 9.17) is 5.73 Å². The van der Waals surface area contributed by atoms with E-state index in [-0.39, 0.29) is 10.8 Å². The zero-order chi connectivity index (χ0) is 12.9. The number of rotatable bonds is 6. The first-order chi connectivity index (χ1) is 7.95. The Hall–Kier alpha value is -0.860. The molecule has 3 N–H and O–H groups in total. The van der Waals surface area contributed by atoms with Gasteiger partial charge in [0, 0.05) is 11.8 Å². The number of nitrogens with two attached hydrogens (primary N) is 1. The number of nitrogens with zero attached hydrogens (tertiary/aromatic N) is 2. The molecule has 0 fully saturated rings. The SMILES string of the molecule is CSC(C)CCNS(=O)(=O)c1cnc(N)nc1. The number of aromatic nitrogens is 2. The molecule has 0 spiro atoms. The molecule has 0 amide bonds. The average molecular weight is 276 g/mol. The van der Waals surface area contributed by atoms with Gasteiger partial charge in [0.05, 0.1) is 12.4 Å². The Morgan fingerprint density at radius 3 is 2.59 bits per heavy atom. The van der Waals surface area contributed by atoms with Crippen LogP contribution in [0, 0.1) is 0 Å². The van der Waals surface area contributed by atoms with Gasteiger partial charge in [-0.25, -0.2) is 23.1 Å². The smallest absolute Gasteiger partial charge is 0.243 e. The quantitative estimate of drug-likeness (QED) is 0.784. The van der Waals surface area contributed by atoms with Crippen LogP contribution in [0.2, 0.25) is 0 Å². The van der Waals surface area contributed by atoms with Crippen LogP contribution >= 0.6 is 11.8 Å². The summed E-state index contributed by atoms with van der Waals surface area (Å²) < 4.78 is 26.0. The zero-order valence-electron chi connectivity index (χ0n) is 9.75. The van der Waals surface area contributed by atoms with Gasteiger partial charge in [0.1, 0.15) is 4.90 Å². The molecule has 0 saturated carbocycles. The van der Waals surface area contributed by atoms with Gasteiger partial charge >= 0.3 is 0 Å². The Morgan fingerprint density at radius 1 is 1.47 bits per heavy atom. The molecule has 0 saturated heterocycles. The number of thioether (sulfide) groups is 1. The number of nitrogens with one attached hydrogen (secondary N) is 1. The molecule has 1 aromatic heterocycles. The number of hydrogen-bond donors (Lipinski definition) is 2. The molecule has 0 bridgehead atoms. The van der Waals surface area contributed by atoms with E-state index in [9.17, 15) is 8.42 Å². The summed E-state index contributed by atoms with van der Waals surface area (Å²) in [5, 5.41) is 0.417. The van der Waals surface area contributed by atoms with Crippen LogP contribution in [-0.2, 0) is 10.0 Å². The molecule has 8 heteroatoms. The summed E-state index contributed by atoms with van der Waals surface area (Å²) in [6.45, 7) is 2.44. The van der Waals surface area contributed by atoms with Gasteiger partial charge in [0.15, 0.2) is 0 Å². The fraction of sp³-hybridized carbons (Fsp3) is 0.556. The fourth-order valence-electron chi connectivity index (χ4n) is 1.06. The molecular formula is C9H16N4O2S2. The second-order valence-corrected chi connectivity index (χ2v) is 6.55. The van der Waals surface area contributed by atoms with E-state index in [0.717, 1.165) is 6.42 Å². The van der Waals surface area contributed by atoms with Gasteiger partial charge in [-0.05, 0) is 12.7 Å². The molecule has 1 aromatic rings. The van der Waals surface area contributed by atoms with Crippen molar-refractivity contribution in [1.82, 2.24) is 14.7 Å². The molecule has 1 heterocycles. The van der Waals surface area contributed by atoms with Crippen LogP contribution in [0.3, 0.4) is 0 Å².